The van der Waals surface area contributed by atoms with Crippen molar-refractivity contribution in [2.75, 3.05) is 20.1 Å². The number of fused-ring (bicyclic) bond motifs is 1. The molecule has 1 atom stereocenters. The lowest BCUT2D eigenvalue weighted by Gasteiger charge is -2.36. The Morgan fingerprint density at radius 1 is 1.11 bits per heavy atom. The van der Waals surface area contributed by atoms with Crippen molar-refractivity contribution in [2.24, 2.45) is 0 Å². The number of aliphatic hydroxyl groups is 1. The molecule has 0 bridgehead atoms. The van der Waals surface area contributed by atoms with Gasteiger partial charge < -0.3 is 14.3 Å². The number of ether oxygens (including phenoxy) is 1. The number of halogens is 1. The molecule has 4 heterocycles. The monoisotopic (exact) mass is 536 g/mol. The summed E-state index contributed by atoms with van der Waals surface area (Å²) >= 11 is 0. The minimum Gasteiger partial charge on any atom is -0.488 e. The number of aromatic nitrogens is 2. The quantitative estimate of drug-likeness (QED) is 0.383. The molecule has 196 valence electrons. The number of benzene rings is 2. The van der Waals surface area contributed by atoms with E-state index in [2.05, 4.69) is 14.9 Å². The van der Waals surface area contributed by atoms with E-state index < -0.39 is 21.9 Å². The van der Waals surface area contributed by atoms with Crippen LogP contribution in [0, 0.1) is 5.82 Å². The van der Waals surface area contributed by atoms with E-state index in [-0.39, 0.29) is 35.5 Å². The molecule has 0 amide bonds. The Balaban J connectivity index is 1.19. The van der Waals surface area contributed by atoms with E-state index in [4.69, 9.17) is 9.15 Å². The summed E-state index contributed by atoms with van der Waals surface area (Å²) in [6.45, 7) is 1.90. The Labute approximate surface area is 219 Å². The Morgan fingerprint density at radius 2 is 1.92 bits per heavy atom. The molecular weight excluding hydrogens is 511 g/mol. The van der Waals surface area contributed by atoms with Crippen LogP contribution in [-0.4, -0.2) is 58.9 Å². The molecule has 0 spiro atoms. The van der Waals surface area contributed by atoms with Gasteiger partial charge in [-0.3, -0.25) is 9.88 Å². The van der Waals surface area contributed by atoms with Crippen LogP contribution in [0.4, 0.5) is 4.39 Å². The van der Waals surface area contributed by atoms with Gasteiger partial charge in [0.05, 0.1) is 22.3 Å². The number of oxazole rings is 1. The lowest BCUT2D eigenvalue weighted by atomic mass is 10.0. The fourth-order valence-corrected chi connectivity index (χ4v) is 6.17. The van der Waals surface area contributed by atoms with Crippen LogP contribution >= 0.6 is 0 Å². The van der Waals surface area contributed by atoms with Crippen molar-refractivity contribution in [3.63, 3.8) is 0 Å². The van der Waals surface area contributed by atoms with Crippen LogP contribution in [0.1, 0.15) is 28.5 Å². The third-order valence-electron chi connectivity index (χ3n) is 6.83. The maximum atomic E-state index is 14.7. The molecule has 1 saturated heterocycles. The Hall–Kier alpha value is -3.64. The highest BCUT2D eigenvalue weighted by atomic mass is 32.2. The SMILES string of the molecule is CN1CC(Oc2cccc(C(O)c3cc4c(cn3)CN(S(=O)(=O)c3ccc(-c5ncco5)c(F)c3)C4)c2)C1. The number of pyridine rings is 1. The molecule has 38 heavy (non-hydrogen) atoms. The molecule has 11 heteroatoms. The normalized spacial score (nSPS) is 17.2. The summed E-state index contributed by atoms with van der Waals surface area (Å²) in [5.41, 5.74) is 2.58. The lowest BCUT2D eigenvalue weighted by molar-refractivity contribution is 0.0386. The van der Waals surface area contributed by atoms with Crippen LogP contribution in [0.25, 0.3) is 11.5 Å². The van der Waals surface area contributed by atoms with E-state index in [0.29, 0.717) is 17.0 Å². The predicted molar refractivity (Wildman–Crippen MR) is 135 cm³/mol. The second-order valence-corrected chi connectivity index (χ2v) is 11.5. The third-order valence-corrected chi connectivity index (χ3v) is 8.61. The number of sulfonamides is 1. The van der Waals surface area contributed by atoms with E-state index in [9.17, 15) is 17.9 Å². The van der Waals surface area contributed by atoms with E-state index in [1.165, 1.54) is 28.9 Å². The molecule has 0 radical (unpaired) electrons. The lowest BCUT2D eigenvalue weighted by Crippen LogP contribution is -2.51. The number of hydrogen-bond donors (Lipinski definition) is 1. The summed E-state index contributed by atoms with van der Waals surface area (Å²) in [6, 6.07) is 12.6. The van der Waals surface area contributed by atoms with Crippen molar-refractivity contribution in [3.05, 3.63) is 95.4 Å². The molecule has 1 N–H and O–H groups in total. The Bertz CT molecular complexity index is 1590. The van der Waals surface area contributed by atoms with Gasteiger partial charge in [0.1, 0.15) is 30.0 Å². The standard InChI is InChI=1S/C27H25FN4O5S/c1-31-15-21(16-31)37-20-4-2-3-17(9-20)26(33)25-10-18-13-32(14-19(18)12-30-25)38(34,35)22-5-6-23(24(28)11-22)27-29-7-8-36-27/h2-12,21,26,33H,13-16H2,1H3. The number of rotatable bonds is 7. The molecule has 9 nitrogen and oxygen atoms in total. The fraction of sp³-hybridized carbons (Fsp3) is 0.259. The molecule has 0 aliphatic carbocycles. The highest BCUT2D eigenvalue weighted by Gasteiger charge is 2.32. The molecule has 2 aromatic carbocycles. The zero-order valence-corrected chi connectivity index (χ0v) is 21.3. The number of nitrogens with zero attached hydrogens (tertiary/aromatic N) is 4. The third kappa shape index (κ3) is 4.58. The molecule has 2 aliphatic rings. The number of likely N-dealkylation sites (tertiary alicyclic amines) is 1. The number of hydrogen-bond acceptors (Lipinski definition) is 8. The first-order chi connectivity index (χ1) is 18.3. The second kappa shape index (κ2) is 9.59. The summed E-state index contributed by atoms with van der Waals surface area (Å²) in [4.78, 5) is 10.3. The van der Waals surface area contributed by atoms with E-state index in [1.807, 2.05) is 19.2 Å². The maximum Gasteiger partial charge on any atom is 0.243 e. The molecule has 4 aromatic rings. The van der Waals surface area contributed by atoms with Crippen molar-refractivity contribution >= 4 is 10.0 Å². The van der Waals surface area contributed by atoms with Gasteiger partial charge in [-0.2, -0.15) is 4.31 Å². The molecule has 2 aliphatic heterocycles. The fourth-order valence-electron chi connectivity index (χ4n) is 4.76. The van der Waals surface area contributed by atoms with Gasteiger partial charge in [-0.25, -0.2) is 17.8 Å². The maximum absolute atomic E-state index is 14.7. The van der Waals surface area contributed by atoms with Crippen LogP contribution in [0.5, 0.6) is 5.75 Å². The Kier molecular flexibility index (Phi) is 6.23. The highest BCUT2D eigenvalue weighted by molar-refractivity contribution is 7.89. The van der Waals surface area contributed by atoms with Crippen LogP contribution < -0.4 is 4.74 Å². The molecule has 1 fully saturated rings. The first kappa shape index (κ1) is 24.7. The van der Waals surface area contributed by atoms with Crippen LogP contribution in [0.3, 0.4) is 0 Å². The van der Waals surface area contributed by atoms with Crippen molar-refractivity contribution in [1.29, 1.82) is 0 Å². The van der Waals surface area contributed by atoms with Gasteiger partial charge in [0.2, 0.25) is 15.9 Å². The average molecular weight is 537 g/mol. The largest absolute Gasteiger partial charge is 0.488 e. The van der Waals surface area contributed by atoms with Gasteiger partial charge in [0.25, 0.3) is 0 Å². The molecule has 2 aromatic heterocycles. The van der Waals surface area contributed by atoms with Crippen molar-refractivity contribution in [1.82, 2.24) is 19.2 Å². The van der Waals surface area contributed by atoms with E-state index in [1.54, 1.807) is 24.4 Å². The number of aliphatic hydroxyl groups excluding tert-OH is 1. The van der Waals surface area contributed by atoms with E-state index in [0.717, 1.165) is 30.3 Å². The number of likely N-dealkylation sites (N-methyl/N-ethyl adjacent to an activating group) is 1. The molecule has 1 unspecified atom stereocenters. The minimum absolute atomic E-state index is 0.0740. The van der Waals surface area contributed by atoms with Gasteiger partial charge in [-0.15, -0.1) is 0 Å². The van der Waals surface area contributed by atoms with Gasteiger partial charge >= 0.3 is 0 Å². The summed E-state index contributed by atoms with van der Waals surface area (Å²) < 4.78 is 53.7. The Morgan fingerprint density at radius 3 is 2.66 bits per heavy atom. The van der Waals surface area contributed by atoms with E-state index >= 15 is 0 Å². The van der Waals surface area contributed by atoms with Gasteiger partial charge in [-0.05, 0) is 60.1 Å². The highest BCUT2D eigenvalue weighted by Crippen LogP contribution is 2.33. The molecule has 6 rings (SSSR count). The average Bonchev–Trinajstić information content (AvgIpc) is 3.58. The first-order valence-corrected chi connectivity index (χ1v) is 13.5. The smallest absolute Gasteiger partial charge is 0.243 e. The zero-order valence-electron chi connectivity index (χ0n) is 20.5. The van der Waals surface area contributed by atoms with Crippen LogP contribution in [-0.2, 0) is 23.1 Å². The first-order valence-electron chi connectivity index (χ1n) is 12.1. The van der Waals surface area contributed by atoms with Gasteiger partial charge in [0, 0.05) is 32.4 Å². The van der Waals surface area contributed by atoms with Gasteiger partial charge in [-0.1, -0.05) is 12.1 Å². The predicted octanol–water partition coefficient (Wildman–Crippen LogP) is 3.35. The minimum atomic E-state index is -3.99. The van der Waals surface area contributed by atoms with Crippen molar-refractivity contribution < 1.29 is 27.1 Å². The second-order valence-electron chi connectivity index (χ2n) is 9.57. The van der Waals surface area contributed by atoms with Crippen molar-refractivity contribution in [3.8, 4) is 17.2 Å². The van der Waals surface area contributed by atoms with Crippen LogP contribution in [0.15, 0.2) is 76.5 Å². The summed E-state index contributed by atoms with van der Waals surface area (Å²) in [7, 11) is -1.96. The summed E-state index contributed by atoms with van der Waals surface area (Å²) in [6.07, 6.45) is 3.41. The summed E-state index contributed by atoms with van der Waals surface area (Å²) in [5, 5.41) is 11.0. The zero-order chi connectivity index (χ0) is 26.4. The molecular formula is C27H25FN4O5S. The van der Waals surface area contributed by atoms with Crippen LogP contribution in [0.2, 0.25) is 0 Å². The summed E-state index contributed by atoms with van der Waals surface area (Å²) in [5.74, 6) is 0.0111. The van der Waals surface area contributed by atoms with Crippen molar-refractivity contribution in [2.45, 2.75) is 30.2 Å². The van der Waals surface area contributed by atoms with Gasteiger partial charge in [0.15, 0.2) is 0 Å². The topological polar surface area (TPSA) is 109 Å². The molecule has 0 saturated carbocycles.